The lowest BCUT2D eigenvalue weighted by Crippen LogP contribution is -2.23. The van der Waals surface area contributed by atoms with Crippen molar-refractivity contribution < 1.29 is 34.4 Å². The minimum absolute atomic E-state index is 0.0204. The van der Waals surface area contributed by atoms with Gasteiger partial charge in [-0.15, -0.1) is 0 Å². The maximum Gasteiger partial charge on any atom is 0.294 e. The van der Waals surface area contributed by atoms with Gasteiger partial charge in [0, 0.05) is 25.2 Å². The molecule has 1 aromatic heterocycles. The Kier molecular flexibility index (Phi) is 8.43. The second-order valence-corrected chi connectivity index (χ2v) is 11.3. The lowest BCUT2D eigenvalue weighted by molar-refractivity contribution is 0.481. The Morgan fingerprint density at radius 1 is 0.938 bits per heavy atom. The molecule has 0 aliphatic heterocycles. The molecule has 5 N–H and O–H groups in total. The van der Waals surface area contributed by atoms with Crippen LogP contribution in [0.15, 0.2) is 29.2 Å². The van der Waals surface area contributed by atoms with Crippen LogP contribution in [0.2, 0.25) is 0 Å². The Bertz CT molecular complexity index is 1270. The first-order valence-electron chi connectivity index (χ1n) is 8.94. The van der Waals surface area contributed by atoms with Crippen molar-refractivity contribution in [3.05, 3.63) is 30.1 Å². The van der Waals surface area contributed by atoms with Gasteiger partial charge in [-0.1, -0.05) is 6.07 Å². The summed E-state index contributed by atoms with van der Waals surface area (Å²) >= 11 is 0. The van der Waals surface area contributed by atoms with Crippen LogP contribution in [-0.4, -0.2) is 74.4 Å². The number of aryl methyl sites for hydroxylation is 1. The molecular weight excluding hydrogens is 488 g/mol. The zero-order valence-corrected chi connectivity index (χ0v) is 19.2. The minimum Gasteiger partial charge on any atom is -0.353 e. The van der Waals surface area contributed by atoms with E-state index < -0.39 is 36.0 Å². The first-order chi connectivity index (χ1) is 14.7. The number of aromatic nitrogens is 3. The van der Waals surface area contributed by atoms with Crippen molar-refractivity contribution in [1.29, 1.82) is 0 Å². The monoisotopic (exact) mass is 510 g/mol. The number of anilines is 3. The summed E-state index contributed by atoms with van der Waals surface area (Å²) in [5.41, 5.74) is 0.236. The Morgan fingerprint density at radius 2 is 1.62 bits per heavy atom. The third-order valence-electron chi connectivity index (χ3n) is 3.65. The molecule has 2 aromatic rings. The van der Waals surface area contributed by atoms with Crippen LogP contribution in [0.5, 0.6) is 0 Å². The molecule has 0 aliphatic carbocycles. The van der Waals surface area contributed by atoms with E-state index in [1.807, 2.05) is 0 Å². The van der Waals surface area contributed by atoms with E-state index in [0.29, 0.717) is 6.42 Å². The van der Waals surface area contributed by atoms with Crippen LogP contribution >= 0.6 is 0 Å². The molecule has 0 amide bonds. The molecule has 0 fully saturated rings. The molecule has 178 valence electrons. The van der Waals surface area contributed by atoms with Gasteiger partial charge in [0.1, 0.15) is 5.82 Å². The molecule has 1 aromatic carbocycles. The highest BCUT2D eigenvalue weighted by Crippen LogP contribution is 2.19. The Balaban J connectivity index is 2.22. The summed E-state index contributed by atoms with van der Waals surface area (Å²) in [6, 6.07) is 5.23. The van der Waals surface area contributed by atoms with E-state index in [2.05, 4.69) is 30.3 Å². The second kappa shape index (κ2) is 10.5. The van der Waals surface area contributed by atoms with Crippen LogP contribution in [0.1, 0.15) is 12.2 Å². The van der Waals surface area contributed by atoms with E-state index in [1.54, 1.807) is 0 Å². The number of benzene rings is 1. The summed E-state index contributed by atoms with van der Waals surface area (Å²) < 4.78 is 87.1. The largest absolute Gasteiger partial charge is 0.353 e. The number of nitrogens with one attached hydrogen (secondary N) is 3. The molecule has 0 aliphatic rings. The van der Waals surface area contributed by atoms with Crippen molar-refractivity contribution in [2.24, 2.45) is 0 Å². The summed E-state index contributed by atoms with van der Waals surface area (Å²) in [4.78, 5) is 12.0. The van der Waals surface area contributed by atoms with Crippen LogP contribution in [-0.2, 0) is 36.7 Å². The highest BCUT2D eigenvalue weighted by atomic mass is 32.2. The minimum atomic E-state index is -4.43. The Labute approximate surface area is 185 Å². The fourth-order valence-corrected chi connectivity index (χ4v) is 3.73. The molecule has 0 saturated heterocycles. The topological polar surface area (TPSA) is 218 Å². The zero-order chi connectivity index (χ0) is 24.0. The van der Waals surface area contributed by atoms with Crippen LogP contribution in [0.4, 0.5) is 17.6 Å². The van der Waals surface area contributed by atoms with Gasteiger partial charge in [-0.3, -0.25) is 9.11 Å². The highest BCUT2D eigenvalue weighted by Gasteiger charge is 2.12. The SMILES string of the molecule is CS(=O)(=O)NCCCc1nc(NCCS(=O)(=O)O)nc(Nc2cccc(S(=O)(=O)O)c2)n1. The predicted molar refractivity (Wildman–Crippen MR) is 115 cm³/mol. The summed E-state index contributed by atoms with van der Waals surface area (Å²) in [7, 11) is -12.0. The van der Waals surface area contributed by atoms with Crippen molar-refractivity contribution in [2.75, 3.05) is 35.7 Å². The first-order valence-corrected chi connectivity index (χ1v) is 13.9. The van der Waals surface area contributed by atoms with E-state index in [0.717, 1.165) is 12.3 Å². The summed E-state index contributed by atoms with van der Waals surface area (Å²) in [5.74, 6) is -0.403. The predicted octanol–water partition coefficient (Wildman–Crippen LogP) is -0.357. The second-order valence-electron chi connectivity index (χ2n) is 6.51. The fourth-order valence-electron chi connectivity index (χ4n) is 2.33. The van der Waals surface area contributed by atoms with Gasteiger partial charge in [0.15, 0.2) is 0 Å². The molecule has 32 heavy (non-hydrogen) atoms. The van der Waals surface area contributed by atoms with Crippen LogP contribution in [0, 0.1) is 0 Å². The van der Waals surface area contributed by atoms with Gasteiger partial charge in [0.2, 0.25) is 21.9 Å². The van der Waals surface area contributed by atoms with Gasteiger partial charge in [-0.25, -0.2) is 13.1 Å². The molecule has 2 rings (SSSR count). The van der Waals surface area contributed by atoms with E-state index in [9.17, 15) is 29.8 Å². The Hall–Kier alpha value is -2.44. The maximum absolute atomic E-state index is 11.3. The standard InChI is InChI=1S/C15H22N6O8S3/c1-30(22,23)17-7-3-6-13-19-14(16-8-9-31(24,25)26)21-15(20-13)18-11-4-2-5-12(10-11)32(27,28)29/h2,4-5,10,17H,3,6-9H2,1H3,(H,24,25,26)(H,27,28,29)(H2,16,18,19,20,21). The molecule has 0 unspecified atom stereocenters. The molecule has 1 heterocycles. The maximum atomic E-state index is 11.3. The number of sulfonamides is 1. The lowest BCUT2D eigenvalue weighted by Gasteiger charge is -2.11. The smallest absolute Gasteiger partial charge is 0.294 e. The van der Waals surface area contributed by atoms with Crippen molar-refractivity contribution in [2.45, 2.75) is 17.7 Å². The van der Waals surface area contributed by atoms with Gasteiger partial charge in [-0.05, 0) is 24.6 Å². The quantitative estimate of drug-likeness (QED) is 0.182. The molecule has 17 heteroatoms. The Morgan fingerprint density at radius 3 is 2.25 bits per heavy atom. The molecule has 0 radical (unpaired) electrons. The molecule has 0 spiro atoms. The van der Waals surface area contributed by atoms with Gasteiger partial charge in [-0.2, -0.15) is 31.8 Å². The third-order valence-corrected chi connectivity index (χ3v) is 5.95. The van der Waals surface area contributed by atoms with Crippen LogP contribution in [0.3, 0.4) is 0 Å². The fraction of sp³-hybridized carbons (Fsp3) is 0.400. The van der Waals surface area contributed by atoms with Crippen molar-refractivity contribution in [3.63, 3.8) is 0 Å². The number of hydrogen-bond acceptors (Lipinski definition) is 11. The normalized spacial score (nSPS) is 12.5. The van der Waals surface area contributed by atoms with Crippen LogP contribution in [0.25, 0.3) is 0 Å². The van der Waals surface area contributed by atoms with Crippen molar-refractivity contribution in [3.8, 4) is 0 Å². The van der Waals surface area contributed by atoms with E-state index in [4.69, 9.17) is 4.55 Å². The zero-order valence-electron chi connectivity index (χ0n) is 16.8. The molecule has 0 saturated carbocycles. The van der Waals surface area contributed by atoms with Crippen molar-refractivity contribution >= 4 is 47.8 Å². The highest BCUT2D eigenvalue weighted by molar-refractivity contribution is 7.88. The van der Waals surface area contributed by atoms with Crippen molar-refractivity contribution in [1.82, 2.24) is 19.7 Å². The summed E-state index contributed by atoms with van der Waals surface area (Å²) in [6.07, 6.45) is 1.60. The molecule has 0 atom stereocenters. The van der Waals surface area contributed by atoms with E-state index >= 15 is 0 Å². The van der Waals surface area contributed by atoms with E-state index in [1.165, 1.54) is 18.2 Å². The number of rotatable bonds is 12. The lowest BCUT2D eigenvalue weighted by atomic mass is 10.3. The average molecular weight is 511 g/mol. The van der Waals surface area contributed by atoms with E-state index in [-0.39, 0.29) is 47.8 Å². The van der Waals surface area contributed by atoms with Crippen LogP contribution < -0.4 is 15.4 Å². The molecule has 14 nitrogen and oxygen atoms in total. The molecule has 0 bridgehead atoms. The number of nitrogens with zero attached hydrogens (tertiary/aromatic N) is 3. The number of hydrogen-bond donors (Lipinski definition) is 5. The average Bonchev–Trinajstić information content (AvgIpc) is 2.63. The molecular formula is C15H22N6O8S3. The summed E-state index contributed by atoms with van der Waals surface area (Å²) in [6.45, 7) is -0.0647. The third kappa shape index (κ3) is 9.79. The van der Waals surface area contributed by atoms with Gasteiger partial charge in [0.05, 0.1) is 16.9 Å². The summed E-state index contributed by atoms with van der Waals surface area (Å²) in [5, 5.41) is 5.39. The van der Waals surface area contributed by atoms with Gasteiger partial charge < -0.3 is 10.6 Å². The van der Waals surface area contributed by atoms with Gasteiger partial charge >= 0.3 is 0 Å². The van der Waals surface area contributed by atoms with Gasteiger partial charge in [0.25, 0.3) is 20.2 Å². The first kappa shape index (κ1) is 25.8.